The molecule has 4 unspecified atom stereocenters. The number of carbonyl (C=O) groups excluding carboxylic acids is 3. The number of amides is 1. The van der Waals surface area contributed by atoms with Gasteiger partial charge in [0, 0.05) is 16.9 Å². The zero-order valence-electron chi connectivity index (χ0n) is 25.1. The zero-order chi connectivity index (χ0) is 32.1. The lowest BCUT2D eigenvalue weighted by atomic mass is 9.64. The summed E-state index contributed by atoms with van der Waals surface area (Å²) in [5.41, 5.74) is 3.01. The maximum absolute atomic E-state index is 15.0. The van der Waals surface area contributed by atoms with Crippen LogP contribution in [0.4, 0.5) is 15.8 Å². The highest BCUT2D eigenvalue weighted by molar-refractivity contribution is 6.16. The lowest BCUT2D eigenvalue weighted by Crippen LogP contribution is -2.51. The number of ether oxygens (including phenoxy) is 1. The van der Waals surface area contributed by atoms with Gasteiger partial charge in [0.25, 0.3) is 0 Å². The smallest absolute Gasteiger partial charge is 0.330 e. The van der Waals surface area contributed by atoms with Gasteiger partial charge in [0.15, 0.2) is 11.9 Å². The third kappa shape index (κ3) is 4.41. The third-order valence-electron chi connectivity index (χ3n) is 9.63. The van der Waals surface area contributed by atoms with Crippen LogP contribution < -0.4 is 10.2 Å². The van der Waals surface area contributed by atoms with Crippen LogP contribution in [0.2, 0.25) is 0 Å². The van der Waals surface area contributed by atoms with Crippen LogP contribution in [0.3, 0.4) is 0 Å². The predicted molar refractivity (Wildman–Crippen MR) is 177 cm³/mol. The standard InChI is InChI=1S/C40H29FN2O4/c41-29-22-19-26(20-23-29)36(44)34-35(38(45)47-37(27-12-3-1-4-13-27)28-14-5-2-6-15-28)43-32-18-10-7-11-25(32)21-24-33(43)40(34)30-16-8-9-17-31(30)42-39(40)46/h1-24,33-35,37H,(H,42,46). The van der Waals surface area contributed by atoms with E-state index in [-0.39, 0.29) is 11.5 Å². The molecule has 1 fully saturated rings. The van der Waals surface area contributed by atoms with Crippen molar-refractivity contribution in [1.29, 1.82) is 0 Å². The minimum absolute atomic E-state index is 0.200. The molecule has 1 spiro atoms. The molecule has 0 aromatic heterocycles. The van der Waals surface area contributed by atoms with E-state index in [1.165, 1.54) is 24.3 Å². The van der Waals surface area contributed by atoms with Gasteiger partial charge in [-0.25, -0.2) is 9.18 Å². The van der Waals surface area contributed by atoms with Crippen molar-refractivity contribution in [2.24, 2.45) is 5.92 Å². The molecule has 3 aliphatic rings. The second kappa shape index (κ2) is 11.2. The number of esters is 1. The molecule has 4 atom stereocenters. The minimum atomic E-state index is -1.50. The van der Waals surface area contributed by atoms with Crippen molar-refractivity contribution < 1.29 is 23.5 Å². The number of rotatable bonds is 6. The molecule has 5 aromatic carbocycles. The molecule has 7 heteroatoms. The Labute approximate surface area is 271 Å². The average Bonchev–Trinajstić information content (AvgIpc) is 3.60. The van der Waals surface area contributed by atoms with E-state index >= 15 is 0 Å². The molecule has 0 radical (unpaired) electrons. The van der Waals surface area contributed by atoms with Crippen molar-refractivity contribution in [3.8, 4) is 0 Å². The van der Waals surface area contributed by atoms with Gasteiger partial charge in [-0.3, -0.25) is 9.59 Å². The Hall–Kier alpha value is -5.82. The van der Waals surface area contributed by atoms with Gasteiger partial charge in [0.1, 0.15) is 17.3 Å². The molecule has 3 aliphatic heterocycles. The molecule has 0 saturated carbocycles. The second-order valence-corrected chi connectivity index (χ2v) is 12.1. The predicted octanol–water partition coefficient (Wildman–Crippen LogP) is 7.13. The van der Waals surface area contributed by atoms with Crippen molar-refractivity contribution in [3.63, 3.8) is 0 Å². The van der Waals surface area contributed by atoms with Gasteiger partial charge in [-0.1, -0.05) is 109 Å². The maximum atomic E-state index is 15.0. The number of nitrogens with one attached hydrogen (secondary N) is 1. The fourth-order valence-electron chi connectivity index (χ4n) is 7.66. The summed E-state index contributed by atoms with van der Waals surface area (Å²) in [6.07, 6.45) is 3.08. The van der Waals surface area contributed by atoms with Crippen LogP contribution in [0.15, 0.2) is 140 Å². The van der Waals surface area contributed by atoms with E-state index in [4.69, 9.17) is 4.74 Å². The maximum Gasteiger partial charge on any atom is 0.330 e. The molecule has 8 rings (SSSR count). The van der Waals surface area contributed by atoms with E-state index in [9.17, 15) is 18.8 Å². The first-order valence-corrected chi connectivity index (χ1v) is 15.5. The summed E-state index contributed by atoms with van der Waals surface area (Å²) in [6, 6.07) is 37.1. The summed E-state index contributed by atoms with van der Waals surface area (Å²) < 4.78 is 20.6. The van der Waals surface area contributed by atoms with Gasteiger partial charge < -0.3 is 15.0 Å². The van der Waals surface area contributed by atoms with Crippen molar-refractivity contribution >= 4 is 35.1 Å². The Morgan fingerprint density at radius 2 is 1.38 bits per heavy atom. The van der Waals surface area contributed by atoms with Crippen molar-refractivity contribution in [1.82, 2.24) is 0 Å². The van der Waals surface area contributed by atoms with E-state index in [0.29, 0.717) is 16.9 Å². The van der Waals surface area contributed by atoms with E-state index in [2.05, 4.69) is 5.32 Å². The normalized spacial score (nSPS) is 22.0. The molecule has 1 N–H and O–H groups in total. The Morgan fingerprint density at radius 1 is 0.766 bits per heavy atom. The van der Waals surface area contributed by atoms with Gasteiger partial charge in [0.2, 0.25) is 5.91 Å². The number of halogens is 1. The topological polar surface area (TPSA) is 75.7 Å². The summed E-state index contributed by atoms with van der Waals surface area (Å²) in [5, 5.41) is 3.02. The average molecular weight is 621 g/mol. The van der Waals surface area contributed by atoms with Crippen LogP contribution in [-0.2, 0) is 19.7 Å². The summed E-state index contributed by atoms with van der Waals surface area (Å²) >= 11 is 0. The lowest BCUT2D eigenvalue weighted by Gasteiger charge is -2.37. The molecule has 0 aliphatic carbocycles. The molecule has 1 saturated heterocycles. The summed E-state index contributed by atoms with van der Waals surface area (Å²) in [5.74, 6) is -3.19. The highest BCUT2D eigenvalue weighted by Gasteiger charge is 2.71. The van der Waals surface area contributed by atoms with Crippen LogP contribution in [0, 0.1) is 11.7 Å². The van der Waals surface area contributed by atoms with Crippen molar-refractivity contribution in [2.75, 3.05) is 10.2 Å². The molecule has 3 heterocycles. The number of nitrogens with zero attached hydrogens (tertiary/aromatic N) is 1. The number of ketones is 1. The van der Waals surface area contributed by atoms with Crippen molar-refractivity contribution in [2.45, 2.75) is 23.6 Å². The molecule has 230 valence electrons. The highest BCUT2D eigenvalue weighted by Crippen LogP contribution is 2.58. The second-order valence-electron chi connectivity index (χ2n) is 12.1. The largest absolute Gasteiger partial charge is 0.451 e. The van der Waals surface area contributed by atoms with Crippen molar-refractivity contribution in [3.05, 3.63) is 173 Å². The van der Waals surface area contributed by atoms with Gasteiger partial charge in [-0.05, 0) is 58.7 Å². The molecule has 1 amide bonds. The zero-order valence-corrected chi connectivity index (χ0v) is 25.1. The molecular weight excluding hydrogens is 591 g/mol. The lowest BCUT2D eigenvalue weighted by molar-refractivity contribution is -0.150. The Balaban J connectivity index is 1.35. The first-order chi connectivity index (χ1) is 23.0. The van der Waals surface area contributed by atoms with Crippen LogP contribution in [0.1, 0.15) is 38.7 Å². The summed E-state index contributed by atoms with van der Waals surface area (Å²) in [6.45, 7) is 0. The van der Waals surface area contributed by atoms with Crippen LogP contribution in [-0.4, -0.2) is 29.7 Å². The first-order valence-electron chi connectivity index (χ1n) is 15.5. The number of para-hydroxylation sites is 2. The Bertz CT molecular complexity index is 2010. The quantitative estimate of drug-likeness (QED) is 0.162. The minimum Gasteiger partial charge on any atom is -0.451 e. The number of fused-ring (bicyclic) bond motifs is 6. The third-order valence-corrected chi connectivity index (χ3v) is 9.63. The summed E-state index contributed by atoms with van der Waals surface area (Å²) in [7, 11) is 0. The number of hydrogen-bond donors (Lipinski definition) is 1. The molecule has 47 heavy (non-hydrogen) atoms. The first kappa shape index (κ1) is 28.6. The van der Waals surface area contributed by atoms with Crippen LogP contribution in [0.25, 0.3) is 6.08 Å². The number of anilines is 2. The SMILES string of the molecule is O=C(OC(c1ccccc1)c1ccccc1)C1C(C(=O)c2ccc(F)cc2)C2(C(=O)Nc3ccccc32)C2C=Cc3ccccc3N12. The van der Waals surface area contributed by atoms with E-state index < -0.39 is 47.1 Å². The van der Waals surface area contributed by atoms with Crippen LogP contribution in [0.5, 0.6) is 0 Å². The fourth-order valence-corrected chi connectivity index (χ4v) is 7.66. The van der Waals surface area contributed by atoms with E-state index in [0.717, 1.165) is 16.7 Å². The summed E-state index contributed by atoms with van der Waals surface area (Å²) in [4.78, 5) is 46.3. The molecule has 5 aromatic rings. The molecule has 0 bridgehead atoms. The Morgan fingerprint density at radius 3 is 2.09 bits per heavy atom. The number of carbonyl (C=O) groups is 3. The molecule has 6 nitrogen and oxygen atoms in total. The van der Waals surface area contributed by atoms with Gasteiger partial charge in [-0.15, -0.1) is 0 Å². The van der Waals surface area contributed by atoms with E-state index in [1.54, 1.807) is 6.07 Å². The van der Waals surface area contributed by atoms with Gasteiger partial charge in [-0.2, -0.15) is 0 Å². The number of hydrogen-bond acceptors (Lipinski definition) is 5. The van der Waals surface area contributed by atoms with E-state index in [1.807, 2.05) is 120 Å². The Kier molecular flexibility index (Phi) is 6.83. The fraction of sp³-hybridized carbons (Fsp3) is 0.125. The van der Waals surface area contributed by atoms with Crippen LogP contribution >= 0.6 is 0 Å². The highest BCUT2D eigenvalue weighted by atomic mass is 19.1. The number of Topliss-reactive ketones (excluding diaryl/α,β-unsaturated/α-hetero) is 1. The van der Waals surface area contributed by atoms with Gasteiger partial charge in [0.05, 0.1) is 12.0 Å². The molecular formula is C40H29FN2O4. The monoisotopic (exact) mass is 620 g/mol. The van der Waals surface area contributed by atoms with Gasteiger partial charge >= 0.3 is 5.97 Å². The number of benzene rings is 5.